The average Bonchev–Trinajstić information content (AvgIpc) is 2.73. The minimum atomic E-state index is -0.517. The first-order valence-corrected chi connectivity index (χ1v) is 7.84. The number of nitrogens with one attached hydrogen (secondary N) is 1. The van der Waals surface area contributed by atoms with Gasteiger partial charge < -0.3 is 14.6 Å². The van der Waals surface area contributed by atoms with Crippen molar-refractivity contribution in [3.8, 4) is 0 Å². The van der Waals surface area contributed by atoms with Crippen LogP contribution in [0.2, 0.25) is 0 Å². The summed E-state index contributed by atoms with van der Waals surface area (Å²) in [7, 11) is 0. The van der Waals surface area contributed by atoms with Gasteiger partial charge in [-0.3, -0.25) is 0 Å². The highest BCUT2D eigenvalue weighted by atomic mass is 79.9. The number of nitrogens with zero attached hydrogens (tertiary/aromatic N) is 1. The maximum Gasteiger partial charge on any atom is 0.408 e. The molecule has 0 saturated heterocycles. The van der Waals surface area contributed by atoms with Crippen LogP contribution in [0.25, 0.3) is 0 Å². The standard InChI is InChI=1S/C14H23BrN2O3/c1-9(2)6-11(12-7-10(8-15)20-17-12)16-13(18)19-14(3,4)5/h7,9,11H,6,8H2,1-5H3,(H,16,18). The van der Waals surface area contributed by atoms with Gasteiger partial charge in [0.2, 0.25) is 0 Å². The van der Waals surface area contributed by atoms with E-state index in [1.807, 2.05) is 26.8 Å². The summed E-state index contributed by atoms with van der Waals surface area (Å²) in [6, 6.07) is 1.64. The Morgan fingerprint density at radius 2 is 2.15 bits per heavy atom. The van der Waals surface area contributed by atoms with Crippen LogP contribution in [0.4, 0.5) is 4.79 Å². The summed E-state index contributed by atoms with van der Waals surface area (Å²) >= 11 is 3.32. The topological polar surface area (TPSA) is 64.4 Å². The van der Waals surface area contributed by atoms with E-state index in [2.05, 4.69) is 40.3 Å². The molecule has 0 aliphatic heterocycles. The van der Waals surface area contributed by atoms with E-state index in [0.29, 0.717) is 11.2 Å². The van der Waals surface area contributed by atoms with E-state index in [0.717, 1.165) is 17.9 Å². The lowest BCUT2D eigenvalue weighted by molar-refractivity contribution is 0.0496. The molecule has 1 atom stereocenters. The van der Waals surface area contributed by atoms with Crippen LogP contribution in [0, 0.1) is 5.92 Å². The van der Waals surface area contributed by atoms with E-state index >= 15 is 0 Å². The number of alkyl carbamates (subject to hydrolysis) is 1. The van der Waals surface area contributed by atoms with Crippen LogP contribution >= 0.6 is 15.9 Å². The first kappa shape index (κ1) is 17.0. The predicted octanol–water partition coefficient (Wildman–Crippen LogP) is 4.18. The fourth-order valence-electron chi connectivity index (χ4n) is 1.73. The van der Waals surface area contributed by atoms with Crippen LogP contribution in [0.3, 0.4) is 0 Å². The third-order valence-corrected chi connectivity index (χ3v) is 3.02. The van der Waals surface area contributed by atoms with Gasteiger partial charge in [0, 0.05) is 6.07 Å². The second-order valence-electron chi connectivity index (χ2n) is 6.18. The molecule has 0 aliphatic carbocycles. The summed E-state index contributed by atoms with van der Waals surface area (Å²) in [5.74, 6) is 1.15. The number of alkyl halides is 1. The van der Waals surface area contributed by atoms with Crippen molar-refractivity contribution in [2.45, 2.75) is 58.0 Å². The molecule has 0 spiro atoms. The van der Waals surface area contributed by atoms with Crippen LogP contribution < -0.4 is 5.32 Å². The summed E-state index contributed by atoms with van der Waals surface area (Å²) < 4.78 is 10.5. The van der Waals surface area contributed by atoms with Gasteiger partial charge in [-0.05, 0) is 33.1 Å². The van der Waals surface area contributed by atoms with Crippen molar-refractivity contribution in [3.05, 3.63) is 17.5 Å². The van der Waals surface area contributed by atoms with Crippen molar-refractivity contribution in [3.63, 3.8) is 0 Å². The summed E-state index contributed by atoms with van der Waals surface area (Å²) in [6.07, 6.45) is 0.333. The van der Waals surface area contributed by atoms with Crippen molar-refractivity contribution in [1.82, 2.24) is 10.5 Å². The van der Waals surface area contributed by atoms with Crippen LogP contribution in [0.1, 0.15) is 58.5 Å². The van der Waals surface area contributed by atoms with E-state index in [9.17, 15) is 4.79 Å². The Morgan fingerprint density at radius 3 is 2.60 bits per heavy atom. The van der Waals surface area contributed by atoms with Crippen molar-refractivity contribution >= 4 is 22.0 Å². The first-order valence-electron chi connectivity index (χ1n) is 6.72. The quantitative estimate of drug-likeness (QED) is 0.812. The van der Waals surface area contributed by atoms with Gasteiger partial charge in [0.1, 0.15) is 17.1 Å². The van der Waals surface area contributed by atoms with E-state index in [1.54, 1.807) is 0 Å². The van der Waals surface area contributed by atoms with Gasteiger partial charge in [0.15, 0.2) is 0 Å². The highest BCUT2D eigenvalue weighted by molar-refractivity contribution is 9.08. The maximum atomic E-state index is 11.9. The van der Waals surface area contributed by atoms with Gasteiger partial charge in [-0.15, -0.1) is 0 Å². The molecule has 114 valence electrons. The smallest absolute Gasteiger partial charge is 0.408 e. The Kier molecular flexibility index (Phi) is 6.05. The number of ether oxygens (including phenoxy) is 1. The van der Waals surface area contributed by atoms with Crippen LogP contribution in [0.15, 0.2) is 10.6 Å². The molecule has 0 aliphatic rings. The van der Waals surface area contributed by atoms with Crippen LogP contribution in [-0.4, -0.2) is 16.9 Å². The Balaban J connectivity index is 2.76. The minimum absolute atomic E-state index is 0.207. The maximum absolute atomic E-state index is 11.9. The number of aromatic nitrogens is 1. The Bertz CT molecular complexity index is 438. The van der Waals surface area contributed by atoms with Crippen molar-refractivity contribution < 1.29 is 14.1 Å². The zero-order valence-electron chi connectivity index (χ0n) is 12.7. The molecule has 20 heavy (non-hydrogen) atoms. The van der Waals surface area contributed by atoms with Gasteiger partial charge in [0.25, 0.3) is 0 Å². The molecule has 6 heteroatoms. The second kappa shape index (κ2) is 7.11. The predicted molar refractivity (Wildman–Crippen MR) is 80.7 cm³/mol. The molecule has 1 aromatic rings. The summed E-state index contributed by atoms with van der Waals surface area (Å²) in [6.45, 7) is 9.69. The van der Waals surface area contributed by atoms with E-state index in [-0.39, 0.29) is 6.04 Å². The number of hydrogen-bond donors (Lipinski definition) is 1. The van der Waals surface area contributed by atoms with Gasteiger partial charge in [-0.2, -0.15) is 0 Å². The monoisotopic (exact) mass is 346 g/mol. The molecule has 1 aromatic heterocycles. The molecule has 1 amide bonds. The third-order valence-electron chi connectivity index (χ3n) is 2.46. The van der Waals surface area contributed by atoms with E-state index < -0.39 is 11.7 Å². The Labute approximate surface area is 128 Å². The van der Waals surface area contributed by atoms with Gasteiger partial charge in [0.05, 0.1) is 11.4 Å². The third kappa shape index (κ3) is 5.94. The molecule has 1 rings (SSSR count). The molecule has 0 bridgehead atoms. The zero-order chi connectivity index (χ0) is 15.3. The second-order valence-corrected chi connectivity index (χ2v) is 6.74. The zero-order valence-corrected chi connectivity index (χ0v) is 14.3. The fraction of sp³-hybridized carbons (Fsp3) is 0.714. The Morgan fingerprint density at radius 1 is 1.50 bits per heavy atom. The highest BCUT2D eigenvalue weighted by Gasteiger charge is 2.23. The summed E-state index contributed by atoms with van der Waals surface area (Å²) in [5, 5.41) is 7.47. The fourth-order valence-corrected chi connectivity index (χ4v) is 2.00. The van der Waals surface area contributed by atoms with Gasteiger partial charge >= 0.3 is 6.09 Å². The molecule has 0 aromatic carbocycles. The molecule has 1 unspecified atom stereocenters. The molecule has 5 nitrogen and oxygen atoms in total. The minimum Gasteiger partial charge on any atom is -0.444 e. The average molecular weight is 347 g/mol. The van der Waals surface area contributed by atoms with Gasteiger partial charge in [-0.25, -0.2) is 4.79 Å². The number of halogens is 1. The first-order chi connectivity index (χ1) is 9.21. The number of carbonyl (C=O) groups is 1. The van der Waals surface area contributed by atoms with Crippen LogP contribution in [-0.2, 0) is 10.1 Å². The number of carbonyl (C=O) groups excluding carboxylic acids is 1. The molecule has 0 fully saturated rings. The van der Waals surface area contributed by atoms with E-state index in [1.165, 1.54) is 0 Å². The number of hydrogen-bond acceptors (Lipinski definition) is 4. The van der Waals surface area contributed by atoms with Crippen LogP contribution in [0.5, 0.6) is 0 Å². The molecule has 1 N–H and O–H groups in total. The number of amides is 1. The lowest BCUT2D eigenvalue weighted by Crippen LogP contribution is -2.35. The van der Waals surface area contributed by atoms with Gasteiger partial charge in [-0.1, -0.05) is 34.9 Å². The SMILES string of the molecule is CC(C)CC(NC(=O)OC(C)(C)C)c1cc(CBr)on1. The summed E-state index contributed by atoms with van der Waals surface area (Å²) in [4.78, 5) is 11.9. The molecule has 0 radical (unpaired) electrons. The summed E-state index contributed by atoms with van der Waals surface area (Å²) in [5.41, 5.74) is 0.205. The Hall–Kier alpha value is -1.04. The molecule has 1 heterocycles. The van der Waals surface area contributed by atoms with Crippen molar-refractivity contribution in [2.75, 3.05) is 0 Å². The molecular weight excluding hydrogens is 324 g/mol. The largest absolute Gasteiger partial charge is 0.444 e. The van der Waals surface area contributed by atoms with E-state index in [4.69, 9.17) is 9.26 Å². The number of rotatable bonds is 5. The lowest BCUT2D eigenvalue weighted by Gasteiger charge is -2.23. The highest BCUT2D eigenvalue weighted by Crippen LogP contribution is 2.22. The lowest BCUT2D eigenvalue weighted by atomic mass is 10.0. The molecule has 0 saturated carbocycles. The van der Waals surface area contributed by atoms with Crippen molar-refractivity contribution in [2.24, 2.45) is 5.92 Å². The normalized spacial score (nSPS) is 13.3. The van der Waals surface area contributed by atoms with Crippen molar-refractivity contribution in [1.29, 1.82) is 0 Å². The molecular formula is C14H23BrN2O3.